The first-order valence-electron chi connectivity index (χ1n) is 4.70. The maximum Gasteiger partial charge on any atom is 0.271 e. The van der Waals surface area contributed by atoms with Crippen LogP contribution in [0.25, 0.3) is 0 Å². The summed E-state index contributed by atoms with van der Waals surface area (Å²) in [6.45, 7) is 0. The van der Waals surface area contributed by atoms with Crippen molar-refractivity contribution in [1.82, 2.24) is 0 Å². The summed E-state index contributed by atoms with van der Waals surface area (Å²) >= 11 is 0. The number of guanidine groups is 2. The number of benzene rings is 1. The normalized spacial score (nSPS) is 10.8. The van der Waals surface area contributed by atoms with E-state index in [1.807, 2.05) is 0 Å². The van der Waals surface area contributed by atoms with Crippen LogP contribution in [0, 0.1) is 10.1 Å². The van der Waals surface area contributed by atoms with E-state index in [2.05, 4.69) is 9.98 Å². The zero-order valence-electron chi connectivity index (χ0n) is 9.53. The van der Waals surface area contributed by atoms with E-state index >= 15 is 0 Å². The number of methoxy groups -OCH3 is 1. The SMILES string of the molecule is COc1ccc([N+](=O)[O-])cc1N=C(N)N=C(N)N. The van der Waals surface area contributed by atoms with E-state index in [9.17, 15) is 10.1 Å². The Morgan fingerprint density at radius 1 is 1.39 bits per heavy atom. The number of nitrogens with zero attached hydrogens (tertiary/aromatic N) is 3. The average molecular weight is 252 g/mol. The Bertz CT molecular complexity index is 521. The number of nitrogens with two attached hydrogens (primary N) is 3. The Morgan fingerprint density at radius 3 is 2.56 bits per heavy atom. The fourth-order valence-corrected chi connectivity index (χ4v) is 1.16. The summed E-state index contributed by atoms with van der Waals surface area (Å²) in [5, 5.41) is 10.6. The zero-order chi connectivity index (χ0) is 13.7. The lowest BCUT2D eigenvalue weighted by Crippen LogP contribution is -2.26. The highest BCUT2D eigenvalue weighted by atomic mass is 16.6. The van der Waals surface area contributed by atoms with Gasteiger partial charge in [0.25, 0.3) is 5.69 Å². The van der Waals surface area contributed by atoms with Crippen molar-refractivity contribution in [2.45, 2.75) is 0 Å². The van der Waals surface area contributed by atoms with Gasteiger partial charge in [-0.15, -0.1) is 0 Å². The van der Waals surface area contributed by atoms with Crippen molar-refractivity contribution in [1.29, 1.82) is 0 Å². The number of nitro benzene ring substituents is 1. The van der Waals surface area contributed by atoms with Gasteiger partial charge in [-0.2, -0.15) is 4.99 Å². The minimum absolute atomic E-state index is 0.146. The fourth-order valence-electron chi connectivity index (χ4n) is 1.16. The third kappa shape index (κ3) is 3.33. The van der Waals surface area contributed by atoms with Crippen LogP contribution in [0.2, 0.25) is 0 Å². The Kier molecular flexibility index (Phi) is 4.02. The monoisotopic (exact) mass is 252 g/mol. The number of rotatable bonds is 3. The van der Waals surface area contributed by atoms with Crippen LogP contribution in [0.4, 0.5) is 11.4 Å². The van der Waals surface area contributed by atoms with Crippen LogP contribution in [0.3, 0.4) is 0 Å². The van der Waals surface area contributed by atoms with Gasteiger partial charge >= 0.3 is 0 Å². The first kappa shape index (κ1) is 13.2. The van der Waals surface area contributed by atoms with Crippen LogP contribution in [-0.2, 0) is 0 Å². The number of non-ortho nitro benzene ring substituents is 1. The molecule has 0 saturated carbocycles. The minimum atomic E-state index is -0.560. The van der Waals surface area contributed by atoms with Gasteiger partial charge in [0, 0.05) is 12.1 Å². The number of ether oxygens (including phenoxy) is 1. The van der Waals surface area contributed by atoms with Crippen molar-refractivity contribution in [2.75, 3.05) is 7.11 Å². The van der Waals surface area contributed by atoms with Gasteiger partial charge in [-0.1, -0.05) is 0 Å². The molecule has 0 unspecified atom stereocenters. The van der Waals surface area contributed by atoms with Gasteiger partial charge < -0.3 is 21.9 Å². The molecule has 96 valence electrons. The third-order valence-corrected chi connectivity index (χ3v) is 1.85. The second-order valence-electron chi connectivity index (χ2n) is 3.12. The van der Waals surface area contributed by atoms with Crippen molar-refractivity contribution in [3.8, 4) is 5.75 Å². The van der Waals surface area contributed by atoms with E-state index in [0.29, 0.717) is 5.75 Å². The first-order valence-corrected chi connectivity index (χ1v) is 4.70. The quantitative estimate of drug-likeness (QED) is 0.293. The Hall–Kier alpha value is -2.84. The number of nitro groups is 1. The molecule has 0 aromatic heterocycles. The van der Waals surface area contributed by atoms with Crippen molar-refractivity contribution >= 4 is 23.3 Å². The maximum absolute atomic E-state index is 10.6. The predicted octanol–water partition coefficient (Wildman–Crippen LogP) is -0.177. The molecular formula is C9H12N6O3. The summed E-state index contributed by atoms with van der Waals surface area (Å²) in [7, 11) is 1.40. The molecule has 0 radical (unpaired) electrons. The molecule has 18 heavy (non-hydrogen) atoms. The van der Waals surface area contributed by atoms with Crippen LogP contribution in [0.1, 0.15) is 0 Å². The van der Waals surface area contributed by atoms with Crippen molar-refractivity contribution in [3.05, 3.63) is 28.3 Å². The molecule has 0 spiro atoms. The van der Waals surface area contributed by atoms with Crippen molar-refractivity contribution in [3.63, 3.8) is 0 Å². The van der Waals surface area contributed by atoms with Crippen molar-refractivity contribution in [2.24, 2.45) is 27.2 Å². The second-order valence-corrected chi connectivity index (χ2v) is 3.12. The number of hydrogen-bond acceptors (Lipinski definition) is 4. The van der Waals surface area contributed by atoms with E-state index in [1.165, 1.54) is 25.3 Å². The highest BCUT2D eigenvalue weighted by molar-refractivity contribution is 5.94. The standard InChI is InChI=1S/C9H12N6O3/c1-18-7-3-2-5(15(16)17)4-6(7)13-9(12)14-8(10)11/h2-4H,1H3,(H6,10,11,12,13,14). The zero-order valence-corrected chi connectivity index (χ0v) is 9.53. The van der Waals surface area contributed by atoms with E-state index < -0.39 is 4.92 Å². The molecule has 0 heterocycles. The Labute approximate surface area is 102 Å². The average Bonchev–Trinajstić information content (AvgIpc) is 2.27. The minimum Gasteiger partial charge on any atom is -0.494 e. The predicted molar refractivity (Wildman–Crippen MR) is 66.7 cm³/mol. The summed E-state index contributed by atoms with van der Waals surface area (Å²) in [4.78, 5) is 17.4. The largest absolute Gasteiger partial charge is 0.494 e. The molecule has 9 nitrogen and oxygen atoms in total. The van der Waals surface area contributed by atoms with Crippen molar-refractivity contribution < 1.29 is 9.66 Å². The molecule has 0 saturated heterocycles. The van der Waals surface area contributed by atoms with E-state index in [1.54, 1.807) is 0 Å². The summed E-state index contributed by atoms with van der Waals surface area (Å²) in [6, 6.07) is 3.89. The molecule has 0 aliphatic carbocycles. The smallest absolute Gasteiger partial charge is 0.271 e. The van der Waals surface area contributed by atoms with Crippen LogP contribution in [-0.4, -0.2) is 24.0 Å². The highest BCUT2D eigenvalue weighted by Gasteiger charge is 2.11. The molecule has 0 amide bonds. The van der Waals surface area contributed by atoms with E-state index in [4.69, 9.17) is 21.9 Å². The third-order valence-electron chi connectivity index (χ3n) is 1.85. The van der Waals surface area contributed by atoms with Gasteiger partial charge in [-0.05, 0) is 6.07 Å². The topological polar surface area (TPSA) is 155 Å². The van der Waals surface area contributed by atoms with Gasteiger partial charge in [-0.25, -0.2) is 4.99 Å². The molecule has 1 rings (SSSR count). The molecule has 1 aromatic carbocycles. The molecule has 6 N–H and O–H groups in total. The summed E-state index contributed by atoms with van der Waals surface area (Å²) in [5.74, 6) is -0.177. The van der Waals surface area contributed by atoms with Gasteiger partial charge in [0.2, 0.25) is 5.96 Å². The summed E-state index contributed by atoms with van der Waals surface area (Å²) < 4.78 is 4.99. The molecular weight excluding hydrogens is 240 g/mol. The fraction of sp³-hybridized carbons (Fsp3) is 0.111. The molecule has 0 fully saturated rings. The number of hydrogen-bond donors (Lipinski definition) is 3. The van der Waals surface area contributed by atoms with Crippen LogP contribution >= 0.6 is 0 Å². The molecule has 0 bridgehead atoms. The first-order chi connectivity index (χ1) is 8.43. The lowest BCUT2D eigenvalue weighted by Gasteiger charge is -2.04. The molecule has 0 atom stereocenters. The summed E-state index contributed by atoms with van der Waals surface area (Å²) in [6.07, 6.45) is 0. The van der Waals surface area contributed by atoms with E-state index in [-0.39, 0.29) is 23.3 Å². The molecule has 0 aliphatic rings. The van der Waals surface area contributed by atoms with Crippen LogP contribution < -0.4 is 21.9 Å². The highest BCUT2D eigenvalue weighted by Crippen LogP contribution is 2.31. The number of aliphatic imine (C=N–C) groups is 2. The Balaban J connectivity index is 3.24. The second kappa shape index (κ2) is 5.48. The molecule has 0 aliphatic heterocycles. The summed E-state index contributed by atoms with van der Waals surface area (Å²) in [5.41, 5.74) is 15.7. The lowest BCUT2D eigenvalue weighted by molar-refractivity contribution is -0.384. The van der Waals surface area contributed by atoms with Crippen LogP contribution in [0.15, 0.2) is 28.2 Å². The van der Waals surface area contributed by atoms with Gasteiger partial charge in [0.1, 0.15) is 11.4 Å². The van der Waals surface area contributed by atoms with Gasteiger partial charge in [0.15, 0.2) is 5.96 Å². The molecule has 9 heteroatoms. The molecule has 1 aromatic rings. The Morgan fingerprint density at radius 2 is 2.06 bits per heavy atom. The maximum atomic E-state index is 10.6. The lowest BCUT2D eigenvalue weighted by atomic mass is 10.2. The van der Waals surface area contributed by atoms with Gasteiger partial charge in [-0.3, -0.25) is 10.1 Å². The van der Waals surface area contributed by atoms with Gasteiger partial charge in [0.05, 0.1) is 12.0 Å². The van der Waals surface area contributed by atoms with E-state index in [0.717, 1.165) is 0 Å². The van der Waals surface area contributed by atoms with Crippen LogP contribution in [0.5, 0.6) is 5.75 Å².